The molecule has 0 aliphatic rings. The lowest BCUT2D eigenvalue weighted by molar-refractivity contribution is 0.103. The van der Waals surface area contributed by atoms with E-state index in [9.17, 15) is 17.9 Å². The molecule has 3 aromatic carbocycles. The van der Waals surface area contributed by atoms with Gasteiger partial charge >= 0.3 is 0 Å². The van der Waals surface area contributed by atoms with Gasteiger partial charge in [-0.1, -0.05) is 23.7 Å². The van der Waals surface area contributed by atoms with Gasteiger partial charge in [-0.15, -0.1) is 0 Å². The fourth-order valence-electron chi connectivity index (χ4n) is 3.61. The van der Waals surface area contributed by atoms with Crippen molar-refractivity contribution in [1.29, 1.82) is 0 Å². The van der Waals surface area contributed by atoms with Crippen molar-refractivity contribution in [3.8, 4) is 11.1 Å². The first kappa shape index (κ1) is 23.2. The maximum Gasteiger partial charge on any atom is 0.193 e. The summed E-state index contributed by atoms with van der Waals surface area (Å²) in [5.74, 6) is -0.808. The minimum Gasteiger partial charge on any atom is -0.760 e. The van der Waals surface area contributed by atoms with Crippen LogP contribution in [0.4, 0.5) is 4.39 Å². The summed E-state index contributed by atoms with van der Waals surface area (Å²) in [6.07, 6.45) is 2.69. The van der Waals surface area contributed by atoms with Gasteiger partial charge in [0.1, 0.15) is 5.82 Å². The Morgan fingerprint density at radius 3 is 2.55 bits per heavy atom. The first-order valence-electron chi connectivity index (χ1n) is 10.2. The minimum atomic E-state index is -2.33. The highest BCUT2D eigenvalue weighted by Gasteiger charge is 2.13. The summed E-state index contributed by atoms with van der Waals surface area (Å²) < 4.78 is 37.5. The van der Waals surface area contributed by atoms with Gasteiger partial charge in [-0.2, -0.15) is 0 Å². The van der Waals surface area contributed by atoms with Crippen molar-refractivity contribution in [1.82, 2.24) is 9.71 Å². The summed E-state index contributed by atoms with van der Waals surface area (Å²) in [5, 5.41) is 1.44. The molecule has 168 valence electrons. The predicted octanol–water partition coefficient (Wildman–Crippen LogP) is 5.24. The van der Waals surface area contributed by atoms with E-state index >= 15 is 0 Å². The predicted molar refractivity (Wildman–Crippen MR) is 127 cm³/mol. The molecule has 0 bridgehead atoms. The molecule has 0 saturated heterocycles. The summed E-state index contributed by atoms with van der Waals surface area (Å²) >= 11 is 3.64. The van der Waals surface area contributed by atoms with Gasteiger partial charge in [0.15, 0.2) is 5.78 Å². The smallest absolute Gasteiger partial charge is 0.193 e. The van der Waals surface area contributed by atoms with E-state index in [-0.39, 0.29) is 17.9 Å². The lowest BCUT2D eigenvalue weighted by Crippen LogP contribution is -2.18. The van der Waals surface area contributed by atoms with Crippen molar-refractivity contribution in [2.24, 2.45) is 0 Å². The number of fused-ring (bicyclic) bond motifs is 1. The van der Waals surface area contributed by atoms with Crippen LogP contribution < -0.4 is 4.72 Å². The summed E-state index contributed by atoms with van der Waals surface area (Å²) in [6, 6.07) is 18.8. The zero-order valence-electron chi connectivity index (χ0n) is 17.4. The number of nitrogens with zero attached hydrogens (tertiary/aromatic N) is 1. The highest BCUT2D eigenvalue weighted by atomic mass is 35.5. The van der Waals surface area contributed by atoms with Gasteiger partial charge in [-0.25, -0.2) is 9.11 Å². The van der Waals surface area contributed by atoms with Gasteiger partial charge in [-0.05, 0) is 78.6 Å². The molecule has 1 N–H and O–H groups in total. The number of nitrogens with one attached hydrogen (secondary N) is 1. The molecule has 4 rings (SSSR count). The highest BCUT2D eigenvalue weighted by molar-refractivity contribution is 7.77. The minimum absolute atomic E-state index is 0.240. The van der Waals surface area contributed by atoms with E-state index in [1.165, 1.54) is 12.1 Å². The Labute approximate surface area is 198 Å². The second-order valence-electron chi connectivity index (χ2n) is 7.55. The maximum atomic E-state index is 14.2. The first-order valence-corrected chi connectivity index (χ1v) is 11.7. The standard InChI is InChI=1S/C25H20ClFN2O3S/c26-22-6-3-17(4-7-22)21-13-19-12-18(5-8-24(19)28-15-21)25(30)20-10-16(11-23(27)14-20)2-1-9-29-33(31)32/h3-8,10-15,29H,1-2,9H2,(H,31,32)/p-1. The van der Waals surface area contributed by atoms with Gasteiger partial charge in [0.25, 0.3) is 0 Å². The van der Waals surface area contributed by atoms with Crippen LogP contribution in [0.25, 0.3) is 22.0 Å². The maximum absolute atomic E-state index is 14.2. The lowest BCUT2D eigenvalue weighted by atomic mass is 9.97. The Kier molecular flexibility index (Phi) is 7.25. The van der Waals surface area contributed by atoms with Crippen LogP contribution in [0.5, 0.6) is 0 Å². The fraction of sp³-hybridized carbons (Fsp3) is 0.120. The van der Waals surface area contributed by atoms with Crippen LogP contribution >= 0.6 is 11.6 Å². The zero-order chi connectivity index (χ0) is 23.4. The van der Waals surface area contributed by atoms with E-state index in [1.54, 1.807) is 42.6 Å². The second kappa shape index (κ2) is 10.3. The molecule has 33 heavy (non-hydrogen) atoms. The van der Waals surface area contributed by atoms with E-state index < -0.39 is 17.1 Å². The molecule has 1 atom stereocenters. The summed E-state index contributed by atoms with van der Waals surface area (Å²) in [6.45, 7) is 0.240. The number of pyridine rings is 1. The number of hydrogen-bond acceptors (Lipinski definition) is 4. The first-order chi connectivity index (χ1) is 15.9. The average molecular weight is 482 g/mol. The molecule has 0 amide bonds. The van der Waals surface area contributed by atoms with Crippen molar-refractivity contribution >= 4 is 39.6 Å². The Morgan fingerprint density at radius 2 is 1.79 bits per heavy atom. The third-order valence-corrected chi connectivity index (χ3v) is 5.89. The topological polar surface area (TPSA) is 82.1 Å². The molecule has 4 aromatic rings. The van der Waals surface area contributed by atoms with Gasteiger partial charge in [0, 0.05) is 51.1 Å². The quantitative estimate of drug-likeness (QED) is 0.212. The number of aryl methyl sites for hydroxylation is 1. The molecule has 0 aliphatic carbocycles. The van der Waals surface area contributed by atoms with E-state index in [1.807, 2.05) is 18.2 Å². The van der Waals surface area contributed by atoms with Crippen LogP contribution in [0.1, 0.15) is 27.9 Å². The van der Waals surface area contributed by atoms with Crippen LogP contribution in [-0.4, -0.2) is 26.1 Å². The van der Waals surface area contributed by atoms with E-state index in [4.69, 9.17) is 11.6 Å². The SMILES string of the molecule is O=C(c1cc(F)cc(CCCNS(=O)[O-])c1)c1ccc2ncc(-c3ccc(Cl)cc3)cc2c1. The van der Waals surface area contributed by atoms with Crippen LogP contribution in [0, 0.1) is 5.82 Å². The van der Waals surface area contributed by atoms with Crippen molar-refractivity contribution in [3.05, 3.63) is 100 Å². The number of carbonyl (C=O) groups excluding carboxylic acids is 1. The number of rotatable bonds is 8. The van der Waals surface area contributed by atoms with Crippen molar-refractivity contribution in [2.75, 3.05) is 6.54 Å². The molecule has 1 heterocycles. The third kappa shape index (κ3) is 5.89. The molecular formula is C25H19ClFN2O3S-. The van der Waals surface area contributed by atoms with Gasteiger partial charge < -0.3 is 4.55 Å². The van der Waals surface area contributed by atoms with E-state index in [0.717, 1.165) is 22.0 Å². The second-order valence-corrected chi connectivity index (χ2v) is 8.74. The Hall–Kier alpha value is -2.97. The number of aromatic nitrogens is 1. The van der Waals surface area contributed by atoms with Crippen molar-refractivity contribution in [3.63, 3.8) is 0 Å². The monoisotopic (exact) mass is 481 g/mol. The van der Waals surface area contributed by atoms with Crippen LogP contribution in [0.2, 0.25) is 5.02 Å². The molecule has 0 fully saturated rings. The number of hydrogen-bond donors (Lipinski definition) is 1. The van der Waals surface area contributed by atoms with Gasteiger partial charge in [0.05, 0.1) is 5.52 Å². The van der Waals surface area contributed by atoms with E-state index in [2.05, 4.69) is 9.71 Å². The van der Waals surface area contributed by atoms with Crippen LogP contribution in [0.3, 0.4) is 0 Å². The molecule has 8 heteroatoms. The van der Waals surface area contributed by atoms with Gasteiger partial charge in [0.2, 0.25) is 0 Å². The highest BCUT2D eigenvalue weighted by Crippen LogP contribution is 2.26. The normalized spacial score (nSPS) is 12.1. The molecule has 1 aromatic heterocycles. The number of benzene rings is 3. The molecule has 0 aliphatic heterocycles. The molecule has 0 radical (unpaired) electrons. The number of carbonyl (C=O) groups is 1. The summed E-state index contributed by atoms with van der Waals surface area (Å²) in [5.41, 5.74) is 3.89. The molecule has 1 unspecified atom stereocenters. The molecular weight excluding hydrogens is 463 g/mol. The number of ketones is 1. The molecule has 0 spiro atoms. The summed E-state index contributed by atoms with van der Waals surface area (Å²) in [7, 11) is 0. The largest absolute Gasteiger partial charge is 0.760 e. The van der Waals surface area contributed by atoms with Crippen LogP contribution in [-0.2, 0) is 17.7 Å². The summed E-state index contributed by atoms with van der Waals surface area (Å²) in [4.78, 5) is 17.6. The van der Waals surface area contributed by atoms with Crippen LogP contribution in [0.15, 0.2) is 72.9 Å². The van der Waals surface area contributed by atoms with Gasteiger partial charge in [-0.3, -0.25) is 14.0 Å². The zero-order valence-corrected chi connectivity index (χ0v) is 19.0. The molecule has 0 saturated carbocycles. The average Bonchev–Trinajstić information content (AvgIpc) is 2.80. The molecule has 5 nitrogen and oxygen atoms in total. The lowest BCUT2D eigenvalue weighted by Gasteiger charge is -2.09. The fourth-order valence-corrected chi connectivity index (χ4v) is 4.05. The number of halogens is 2. The van der Waals surface area contributed by atoms with Crippen molar-refractivity contribution < 1.29 is 17.9 Å². The Bertz CT molecular complexity index is 1350. The van der Waals surface area contributed by atoms with E-state index in [0.29, 0.717) is 29.0 Å². The Morgan fingerprint density at radius 1 is 1.00 bits per heavy atom. The third-order valence-electron chi connectivity index (χ3n) is 5.20. The van der Waals surface area contributed by atoms with Crippen molar-refractivity contribution in [2.45, 2.75) is 12.8 Å². The Balaban J connectivity index is 1.59.